The minimum Gasteiger partial charge on any atom is -0.423 e. The van der Waals surface area contributed by atoms with Gasteiger partial charge in [0, 0.05) is 0 Å². The van der Waals surface area contributed by atoms with Gasteiger partial charge in [-0.3, -0.25) is 0 Å². The van der Waals surface area contributed by atoms with Gasteiger partial charge in [-0.2, -0.15) is 21.6 Å². The molecule has 0 aliphatic heterocycles. The quantitative estimate of drug-likeness (QED) is 0.443. The van der Waals surface area contributed by atoms with Gasteiger partial charge in [-0.1, -0.05) is 12.1 Å². The number of hydrogen-bond donors (Lipinski definition) is 2. The standard InChI is InChI=1S/C7H6BF3O5S/c9-7(10,11)17(14,15)16-6-3-1-2-5(4-6)8(12)13/h1-4,12-13H. The monoisotopic (exact) mass is 270 g/mol. The first-order valence-corrected chi connectivity index (χ1v) is 5.51. The highest BCUT2D eigenvalue weighted by Crippen LogP contribution is 2.26. The van der Waals surface area contributed by atoms with Crippen LogP contribution < -0.4 is 9.65 Å². The molecule has 0 amide bonds. The van der Waals surface area contributed by atoms with Gasteiger partial charge in [-0.15, -0.1) is 0 Å². The van der Waals surface area contributed by atoms with E-state index < -0.39 is 28.5 Å². The van der Waals surface area contributed by atoms with Crippen LogP contribution in [0.3, 0.4) is 0 Å². The Morgan fingerprint density at radius 2 is 1.82 bits per heavy atom. The SMILES string of the molecule is O=S(=O)(Oc1cccc(B(O)O)c1)C(F)(F)F. The molecule has 0 aliphatic carbocycles. The third kappa shape index (κ3) is 3.35. The molecule has 0 bridgehead atoms. The van der Waals surface area contributed by atoms with E-state index in [-0.39, 0.29) is 5.46 Å². The maximum atomic E-state index is 12.0. The van der Waals surface area contributed by atoms with Crippen molar-refractivity contribution in [3.63, 3.8) is 0 Å². The summed E-state index contributed by atoms with van der Waals surface area (Å²) in [5.41, 5.74) is -5.74. The van der Waals surface area contributed by atoms with Gasteiger partial charge in [0.05, 0.1) is 0 Å². The first-order chi connectivity index (χ1) is 7.63. The first-order valence-electron chi connectivity index (χ1n) is 4.10. The summed E-state index contributed by atoms with van der Waals surface area (Å²) >= 11 is 0. The van der Waals surface area contributed by atoms with Crippen molar-refractivity contribution >= 4 is 22.7 Å². The zero-order chi connectivity index (χ0) is 13.3. The lowest BCUT2D eigenvalue weighted by atomic mass is 9.80. The van der Waals surface area contributed by atoms with Gasteiger partial charge in [0.25, 0.3) is 0 Å². The van der Waals surface area contributed by atoms with Crippen LogP contribution in [0.1, 0.15) is 0 Å². The Morgan fingerprint density at radius 3 is 2.29 bits per heavy atom. The van der Waals surface area contributed by atoms with Crippen molar-refractivity contribution < 1.29 is 35.8 Å². The Bertz CT molecular complexity index is 498. The van der Waals surface area contributed by atoms with E-state index in [9.17, 15) is 21.6 Å². The van der Waals surface area contributed by atoms with Crippen LogP contribution >= 0.6 is 0 Å². The highest BCUT2D eigenvalue weighted by atomic mass is 32.2. The predicted octanol–water partition coefficient (Wildman–Crippen LogP) is -0.405. The average Bonchev–Trinajstić information content (AvgIpc) is 2.15. The lowest BCUT2D eigenvalue weighted by Gasteiger charge is -2.10. The van der Waals surface area contributed by atoms with E-state index >= 15 is 0 Å². The third-order valence-corrected chi connectivity index (χ3v) is 2.62. The smallest absolute Gasteiger partial charge is 0.423 e. The molecule has 1 aromatic carbocycles. The molecular formula is C7H6BF3O5S. The molecule has 1 aromatic rings. The van der Waals surface area contributed by atoms with Crippen LogP contribution in [-0.2, 0) is 10.1 Å². The van der Waals surface area contributed by atoms with E-state index in [4.69, 9.17) is 10.0 Å². The van der Waals surface area contributed by atoms with Crippen molar-refractivity contribution in [2.24, 2.45) is 0 Å². The minimum atomic E-state index is -5.76. The Kier molecular flexibility index (Phi) is 3.70. The van der Waals surface area contributed by atoms with Crippen LogP contribution in [0, 0.1) is 0 Å². The van der Waals surface area contributed by atoms with Crippen molar-refractivity contribution in [2.45, 2.75) is 5.51 Å². The summed E-state index contributed by atoms with van der Waals surface area (Å²) in [5, 5.41) is 17.5. The molecule has 2 N–H and O–H groups in total. The van der Waals surface area contributed by atoms with Crippen LogP contribution in [0.25, 0.3) is 0 Å². The lowest BCUT2D eigenvalue weighted by molar-refractivity contribution is -0.0500. The van der Waals surface area contributed by atoms with Crippen molar-refractivity contribution in [3.8, 4) is 5.75 Å². The number of hydrogen-bond acceptors (Lipinski definition) is 5. The van der Waals surface area contributed by atoms with Crippen LogP contribution in [0.15, 0.2) is 24.3 Å². The number of alkyl halides is 3. The van der Waals surface area contributed by atoms with Gasteiger partial charge in [-0.05, 0) is 17.6 Å². The minimum absolute atomic E-state index is 0.195. The van der Waals surface area contributed by atoms with Gasteiger partial charge in [0.1, 0.15) is 5.75 Å². The Morgan fingerprint density at radius 1 is 1.24 bits per heavy atom. The maximum absolute atomic E-state index is 12.0. The van der Waals surface area contributed by atoms with Crippen molar-refractivity contribution in [1.82, 2.24) is 0 Å². The summed E-state index contributed by atoms with van der Waals surface area (Å²) < 4.78 is 60.9. The molecule has 0 radical (unpaired) electrons. The topological polar surface area (TPSA) is 83.8 Å². The van der Waals surface area contributed by atoms with Crippen LogP contribution in [-0.4, -0.2) is 31.1 Å². The summed E-state index contributed by atoms with van der Waals surface area (Å²) in [5.74, 6) is -0.659. The Balaban J connectivity index is 3.01. The summed E-state index contributed by atoms with van der Waals surface area (Å²) in [4.78, 5) is 0. The maximum Gasteiger partial charge on any atom is 0.534 e. The Labute approximate surface area is 94.7 Å². The van der Waals surface area contributed by atoms with Gasteiger partial charge < -0.3 is 14.2 Å². The van der Waals surface area contributed by atoms with Crippen molar-refractivity contribution in [3.05, 3.63) is 24.3 Å². The molecule has 94 valence electrons. The molecule has 17 heavy (non-hydrogen) atoms. The molecule has 0 saturated heterocycles. The van der Waals surface area contributed by atoms with Gasteiger partial charge >= 0.3 is 22.7 Å². The molecule has 0 saturated carbocycles. The van der Waals surface area contributed by atoms with Gasteiger partial charge in [0.15, 0.2) is 0 Å². The molecule has 0 aliphatic rings. The second kappa shape index (κ2) is 4.55. The lowest BCUT2D eigenvalue weighted by Crippen LogP contribution is -2.31. The summed E-state index contributed by atoms with van der Waals surface area (Å²) in [6.07, 6.45) is 0. The molecule has 0 heterocycles. The largest absolute Gasteiger partial charge is 0.534 e. The average molecular weight is 270 g/mol. The van der Waals surface area contributed by atoms with Crippen molar-refractivity contribution in [2.75, 3.05) is 0 Å². The van der Waals surface area contributed by atoms with E-state index in [0.717, 1.165) is 18.2 Å². The zero-order valence-corrected chi connectivity index (χ0v) is 8.86. The van der Waals surface area contributed by atoms with E-state index in [0.29, 0.717) is 0 Å². The molecule has 0 fully saturated rings. The zero-order valence-electron chi connectivity index (χ0n) is 8.05. The summed E-state index contributed by atoms with van der Waals surface area (Å²) in [6.45, 7) is 0. The fourth-order valence-corrected chi connectivity index (χ4v) is 1.35. The van der Waals surface area contributed by atoms with E-state index in [1.165, 1.54) is 6.07 Å². The summed E-state index contributed by atoms with van der Waals surface area (Å²) in [7, 11) is -7.69. The normalized spacial score (nSPS) is 12.3. The fourth-order valence-electron chi connectivity index (χ4n) is 0.901. The fraction of sp³-hybridized carbons (Fsp3) is 0.143. The molecule has 0 aromatic heterocycles. The van der Waals surface area contributed by atoms with E-state index in [1.54, 1.807) is 0 Å². The van der Waals surface area contributed by atoms with Crippen LogP contribution in [0.2, 0.25) is 0 Å². The van der Waals surface area contributed by atoms with Crippen LogP contribution in [0.4, 0.5) is 13.2 Å². The molecule has 0 spiro atoms. The molecule has 1 rings (SSSR count). The molecule has 0 unspecified atom stereocenters. The molecule has 5 nitrogen and oxygen atoms in total. The summed E-state index contributed by atoms with van der Waals surface area (Å²) in [6, 6.07) is 4.01. The molecule has 10 heteroatoms. The van der Waals surface area contributed by atoms with E-state index in [2.05, 4.69) is 4.18 Å². The highest BCUT2D eigenvalue weighted by molar-refractivity contribution is 7.88. The second-order valence-corrected chi connectivity index (χ2v) is 4.47. The van der Waals surface area contributed by atoms with Gasteiger partial charge in [0.2, 0.25) is 0 Å². The number of halogens is 3. The first kappa shape index (κ1) is 13.8. The van der Waals surface area contributed by atoms with E-state index in [1.807, 2.05) is 0 Å². The predicted molar refractivity (Wildman–Crippen MR) is 51.9 cm³/mol. The highest BCUT2D eigenvalue weighted by Gasteiger charge is 2.48. The molecule has 0 atom stereocenters. The third-order valence-electron chi connectivity index (χ3n) is 1.65. The molecular weight excluding hydrogens is 264 g/mol. The van der Waals surface area contributed by atoms with Gasteiger partial charge in [-0.25, -0.2) is 0 Å². The number of rotatable bonds is 3. The Hall–Kier alpha value is -1.26. The second-order valence-electron chi connectivity index (χ2n) is 2.93. The number of benzene rings is 1. The van der Waals surface area contributed by atoms with Crippen molar-refractivity contribution in [1.29, 1.82) is 0 Å². The van der Waals surface area contributed by atoms with Crippen LogP contribution in [0.5, 0.6) is 5.75 Å².